The van der Waals surface area contributed by atoms with Gasteiger partial charge in [-0.25, -0.2) is 0 Å². The van der Waals surface area contributed by atoms with Crippen LogP contribution in [-0.4, -0.2) is 51.3 Å². The minimum Gasteiger partial charge on any atom is -0.459 e. The van der Waals surface area contributed by atoms with E-state index >= 15 is 0 Å². The molecule has 0 unspecified atom stereocenters. The molecule has 1 aliphatic rings. The molecule has 1 aromatic carbocycles. The second kappa shape index (κ2) is 6.39. The molecule has 0 radical (unpaired) electrons. The predicted molar refractivity (Wildman–Crippen MR) is 89.0 cm³/mol. The van der Waals surface area contributed by atoms with Crippen molar-refractivity contribution in [1.82, 2.24) is 25.6 Å². The van der Waals surface area contributed by atoms with Crippen molar-refractivity contribution >= 4 is 22.8 Å². The predicted octanol–water partition coefficient (Wildman–Crippen LogP) is 1.59. The molecule has 2 aromatic heterocycles. The van der Waals surface area contributed by atoms with Gasteiger partial charge in [0.1, 0.15) is 11.0 Å². The van der Waals surface area contributed by atoms with Gasteiger partial charge in [0.05, 0.1) is 6.26 Å². The van der Waals surface area contributed by atoms with E-state index in [9.17, 15) is 9.59 Å². The van der Waals surface area contributed by atoms with E-state index in [-0.39, 0.29) is 17.9 Å². The topological polar surface area (TPSA) is 104 Å². The molecule has 4 rings (SSSR count). The minimum atomic E-state index is -0.179. The van der Waals surface area contributed by atoms with Crippen LogP contribution in [0.15, 0.2) is 41.0 Å². The lowest BCUT2D eigenvalue weighted by Crippen LogP contribution is -2.49. The number of carbonyl (C=O) groups is 2. The summed E-state index contributed by atoms with van der Waals surface area (Å²) < 4.78 is 5.17. The van der Waals surface area contributed by atoms with E-state index in [1.165, 1.54) is 6.26 Å². The summed E-state index contributed by atoms with van der Waals surface area (Å²) >= 11 is 0. The molecule has 1 aliphatic heterocycles. The zero-order valence-corrected chi connectivity index (χ0v) is 13.4. The van der Waals surface area contributed by atoms with Crippen molar-refractivity contribution < 1.29 is 14.0 Å². The zero-order valence-electron chi connectivity index (χ0n) is 13.4. The van der Waals surface area contributed by atoms with Crippen LogP contribution in [-0.2, 0) is 0 Å². The second-order valence-corrected chi connectivity index (χ2v) is 6.07. The summed E-state index contributed by atoms with van der Waals surface area (Å²) in [5, 5.41) is 13.5. The third-order valence-corrected chi connectivity index (χ3v) is 4.35. The van der Waals surface area contributed by atoms with Gasteiger partial charge in [-0.3, -0.25) is 9.59 Å². The fourth-order valence-corrected chi connectivity index (χ4v) is 3.09. The molecule has 25 heavy (non-hydrogen) atoms. The molecule has 1 saturated heterocycles. The van der Waals surface area contributed by atoms with Crippen molar-refractivity contribution in [2.24, 2.45) is 0 Å². The van der Waals surface area contributed by atoms with Crippen molar-refractivity contribution in [2.75, 3.05) is 13.1 Å². The van der Waals surface area contributed by atoms with Crippen LogP contribution in [0, 0.1) is 0 Å². The first kappa shape index (κ1) is 15.4. The number of piperidine rings is 1. The SMILES string of the molecule is O=C(N[C@@H]1CCCN(C(=O)c2ccco2)C1)c1ccc2n[nH]nc2c1. The van der Waals surface area contributed by atoms with Gasteiger partial charge in [0.2, 0.25) is 0 Å². The van der Waals surface area contributed by atoms with Gasteiger partial charge in [0.25, 0.3) is 11.8 Å². The van der Waals surface area contributed by atoms with E-state index in [0.29, 0.717) is 35.4 Å². The second-order valence-electron chi connectivity index (χ2n) is 6.07. The number of H-pyrrole nitrogens is 1. The van der Waals surface area contributed by atoms with Crippen molar-refractivity contribution in [3.05, 3.63) is 47.9 Å². The van der Waals surface area contributed by atoms with E-state index in [1.54, 1.807) is 35.2 Å². The molecule has 8 nitrogen and oxygen atoms in total. The van der Waals surface area contributed by atoms with Gasteiger partial charge in [0, 0.05) is 24.7 Å². The monoisotopic (exact) mass is 339 g/mol. The molecule has 8 heteroatoms. The number of aromatic amines is 1. The van der Waals surface area contributed by atoms with Gasteiger partial charge >= 0.3 is 0 Å². The number of carbonyl (C=O) groups excluding carboxylic acids is 2. The molecule has 128 valence electrons. The number of hydrogen-bond acceptors (Lipinski definition) is 5. The number of fused-ring (bicyclic) bond motifs is 1. The smallest absolute Gasteiger partial charge is 0.289 e. The normalized spacial score (nSPS) is 17.6. The third kappa shape index (κ3) is 3.10. The lowest BCUT2D eigenvalue weighted by Gasteiger charge is -2.32. The fraction of sp³-hybridized carbons (Fsp3) is 0.294. The highest BCUT2D eigenvalue weighted by Crippen LogP contribution is 2.16. The van der Waals surface area contributed by atoms with Crippen LogP contribution in [0.25, 0.3) is 11.0 Å². The van der Waals surface area contributed by atoms with Gasteiger partial charge in [-0.1, -0.05) is 0 Å². The average Bonchev–Trinajstić information content (AvgIpc) is 3.32. The van der Waals surface area contributed by atoms with Crippen LogP contribution in [0.5, 0.6) is 0 Å². The van der Waals surface area contributed by atoms with Crippen molar-refractivity contribution in [3.63, 3.8) is 0 Å². The van der Waals surface area contributed by atoms with Crippen LogP contribution in [0.3, 0.4) is 0 Å². The Morgan fingerprint density at radius 3 is 2.96 bits per heavy atom. The highest BCUT2D eigenvalue weighted by atomic mass is 16.3. The number of nitrogens with one attached hydrogen (secondary N) is 2. The number of hydrogen-bond donors (Lipinski definition) is 2. The Balaban J connectivity index is 1.43. The van der Waals surface area contributed by atoms with Crippen molar-refractivity contribution in [2.45, 2.75) is 18.9 Å². The van der Waals surface area contributed by atoms with Crippen LogP contribution < -0.4 is 5.32 Å². The summed E-state index contributed by atoms with van der Waals surface area (Å²) in [6, 6.07) is 8.42. The number of amides is 2. The lowest BCUT2D eigenvalue weighted by molar-refractivity contribution is 0.0647. The van der Waals surface area contributed by atoms with E-state index in [4.69, 9.17) is 4.42 Å². The molecule has 1 fully saturated rings. The first-order valence-electron chi connectivity index (χ1n) is 8.15. The molecule has 2 amide bonds. The summed E-state index contributed by atoms with van der Waals surface area (Å²) in [4.78, 5) is 26.6. The molecule has 3 heterocycles. The molecular formula is C17H17N5O3. The van der Waals surface area contributed by atoms with Gasteiger partial charge in [-0.15, -0.1) is 0 Å². The van der Waals surface area contributed by atoms with Crippen LogP contribution in [0.4, 0.5) is 0 Å². The Morgan fingerprint density at radius 2 is 2.12 bits per heavy atom. The van der Waals surface area contributed by atoms with Crippen LogP contribution in [0.1, 0.15) is 33.8 Å². The van der Waals surface area contributed by atoms with Gasteiger partial charge in [-0.2, -0.15) is 15.4 Å². The first-order chi connectivity index (χ1) is 12.2. The zero-order chi connectivity index (χ0) is 17.2. The highest BCUT2D eigenvalue weighted by molar-refractivity contribution is 5.97. The van der Waals surface area contributed by atoms with E-state index in [1.807, 2.05) is 0 Å². The number of aromatic nitrogens is 3. The third-order valence-electron chi connectivity index (χ3n) is 4.35. The minimum absolute atomic E-state index is 0.0897. The summed E-state index contributed by atoms with van der Waals surface area (Å²) in [5.74, 6) is -0.00127. The largest absolute Gasteiger partial charge is 0.459 e. The molecule has 2 N–H and O–H groups in total. The standard InChI is InChI=1S/C17H17N5O3/c23-16(11-5-6-13-14(9-11)20-21-19-13)18-12-3-1-7-22(10-12)17(24)15-4-2-8-25-15/h2,4-6,8-9,12H,1,3,7,10H2,(H,18,23)(H,19,20,21)/t12-/m1/s1. The summed E-state index contributed by atoms with van der Waals surface area (Å²) in [5.41, 5.74) is 1.88. The van der Waals surface area contributed by atoms with E-state index in [0.717, 1.165) is 12.8 Å². The quantitative estimate of drug-likeness (QED) is 0.754. The van der Waals surface area contributed by atoms with Gasteiger partial charge in [0.15, 0.2) is 5.76 Å². The Labute approximate surface area is 143 Å². The summed E-state index contributed by atoms with van der Waals surface area (Å²) in [6.07, 6.45) is 3.15. The Kier molecular flexibility index (Phi) is 3.93. The Hall–Kier alpha value is -3.16. The summed E-state index contributed by atoms with van der Waals surface area (Å²) in [6.45, 7) is 1.13. The Morgan fingerprint density at radius 1 is 1.24 bits per heavy atom. The van der Waals surface area contributed by atoms with Gasteiger partial charge < -0.3 is 14.6 Å². The first-order valence-corrected chi connectivity index (χ1v) is 8.15. The molecule has 0 saturated carbocycles. The maximum Gasteiger partial charge on any atom is 0.289 e. The fourth-order valence-electron chi connectivity index (χ4n) is 3.09. The van der Waals surface area contributed by atoms with Crippen molar-refractivity contribution in [3.8, 4) is 0 Å². The van der Waals surface area contributed by atoms with Gasteiger partial charge in [-0.05, 0) is 43.2 Å². The number of benzene rings is 1. The Bertz CT molecular complexity index is 902. The van der Waals surface area contributed by atoms with Crippen molar-refractivity contribution in [1.29, 1.82) is 0 Å². The molecule has 0 aliphatic carbocycles. The molecular weight excluding hydrogens is 322 g/mol. The number of likely N-dealkylation sites (tertiary alicyclic amines) is 1. The molecule has 3 aromatic rings. The van der Waals surface area contributed by atoms with Crippen LogP contribution in [0.2, 0.25) is 0 Å². The molecule has 0 bridgehead atoms. The average molecular weight is 339 g/mol. The van der Waals surface area contributed by atoms with Crippen LogP contribution >= 0.6 is 0 Å². The lowest BCUT2D eigenvalue weighted by atomic mass is 10.0. The highest BCUT2D eigenvalue weighted by Gasteiger charge is 2.27. The number of rotatable bonds is 3. The summed E-state index contributed by atoms with van der Waals surface area (Å²) in [7, 11) is 0. The maximum atomic E-state index is 12.5. The number of nitrogens with zero attached hydrogens (tertiary/aromatic N) is 3. The van der Waals surface area contributed by atoms with E-state index in [2.05, 4.69) is 20.7 Å². The maximum absolute atomic E-state index is 12.5. The van der Waals surface area contributed by atoms with E-state index < -0.39 is 0 Å². The molecule has 1 atom stereocenters. The molecule has 0 spiro atoms. The number of furan rings is 1.